The number of hydrogen-bond acceptors (Lipinski definition) is 5. The first kappa shape index (κ1) is 34.3. The maximum absolute atomic E-state index is 13.7. The van der Waals surface area contributed by atoms with Gasteiger partial charge in [-0.3, -0.25) is 4.79 Å². The molecule has 1 aromatic heterocycles. The Labute approximate surface area is 270 Å². The second-order valence-corrected chi connectivity index (χ2v) is 12.1. The predicted octanol–water partition coefficient (Wildman–Crippen LogP) is 7.03. The number of benzene rings is 2. The highest BCUT2D eigenvalue weighted by atomic mass is 19.4. The molecule has 3 aromatic rings. The first-order valence-electron chi connectivity index (χ1n) is 15.8. The van der Waals surface area contributed by atoms with Crippen molar-refractivity contribution in [3.05, 3.63) is 53.7 Å². The first-order chi connectivity index (χ1) is 22.4. The van der Waals surface area contributed by atoms with Gasteiger partial charge in [0.1, 0.15) is 12.3 Å². The third-order valence-electron chi connectivity index (χ3n) is 9.12. The normalized spacial score (nSPS) is 19.6. The Balaban J connectivity index is 1.27. The molecule has 2 heterocycles. The summed E-state index contributed by atoms with van der Waals surface area (Å²) >= 11 is 0. The number of amides is 1. The van der Waals surface area contributed by atoms with Crippen molar-refractivity contribution < 1.29 is 35.9 Å². The summed E-state index contributed by atoms with van der Waals surface area (Å²) in [5.74, 6) is 4.75. The molecule has 5 rings (SSSR count). The van der Waals surface area contributed by atoms with Crippen LogP contribution in [0.4, 0.5) is 37.7 Å². The fourth-order valence-electron chi connectivity index (χ4n) is 6.66. The molecule has 13 heteroatoms. The lowest BCUT2D eigenvalue weighted by Gasteiger charge is -2.41. The van der Waals surface area contributed by atoms with Gasteiger partial charge in [0, 0.05) is 35.8 Å². The number of nitrogens with zero attached hydrogens (tertiary/aromatic N) is 2. The second-order valence-electron chi connectivity index (χ2n) is 12.1. The number of carbonyl (C=O) groups is 1. The third kappa shape index (κ3) is 8.46. The van der Waals surface area contributed by atoms with Crippen LogP contribution in [0.5, 0.6) is 5.75 Å². The minimum Gasteiger partial charge on any atom is -0.495 e. The lowest BCUT2D eigenvalue weighted by molar-refractivity contribution is -0.186. The molecular formula is C34H39F6N5O2. The van der Waals surface area contributed by atoms with Gasteiger partial charge in [0.25, 0.3) is 5.91 Å². The Hall–Kier alpha value is -4.05. The smallest absolute Gasteiger partial charge is 0.406 e. The summed E-state index contributed by atoms with van der Waals surface area (Å²) in [4.78, 5) is 14.1. The van der Waals surface area contributed by atoms with E-state index in [9.17, 15) is 31.1 Å². The summed E-state index contributed by atoms with van der Waals surface area (Å²) < 4.78 is 86.8. The van der Waals surface area contributed by atoms with E-state index in [1.165, 1.54) is 18.7 Å². The number of hydrogen-bond donors (Lipinski definition) is 3. The SMILES string of the molecule is CNC(=O)c1ccc(NCC#Cc2cc3c(N[C@H]4CC[C@@H](N5CCC(C(F)(F)F)CC5)CC4)cccc3n2CC(F)(F)F)c(OC)c1. The number of anilines is 2. The van der Waals surface area contributed by atoms with Crippen LogP contribution in [-0.2, 0) is 6.54 Å². The molecule has 7 nitrogen and oxygen atoms in total. The van der Waals surface area contributed by atoms with Gasteiger partial charge in [-0.2, -0.15) is 26.3 Å². The third-order valence-corrected chi connectivity index (χ3v) is 9.12. The number of fused-ring (bicyclic) bond motifs is 1. The van der Waals surface area contributed by atoms with Gasteiger partial charge in [0.05, 0.1) is 36.5 Å². The molecule has 1 saturated carbocycles. The van der Waals surface area contributed by atoms with Crippen molar-refractivity contribution >= 4 is 28.2 Å². The second kappa shape index (κ2) is 14.4. The molecule has 1 amide bonds. The average molecular weight is 664 g/mol. The molecule has 0 spiro atoms. The molecule has 254 valence electrons. The molecule has 3 N–H and O–H groups in total. The highest BCUT2D eigenvalue weighted by molar-refractivity contribution is 5.95. The Morgan fingerprint density at radius 3 is 2.32 bits per heavy atom. The van der Waals surface area contributed by atoms with Crippen molar-refractivity contribution in [2.75, 3.05) is 44.4 Å². The van der Waals surface area contributed by atoms with Gasteiger partial charge >= 0.3 is 12.4 Å². The largest absolute Gasteiger partial charge is 0.495 e. The lowest BCUT2D eigenvalue weighted by Crippen LogP contribution is -2.46. The standard InChI is InChI=1S/C34H39F6N5O2/c1-41-32(46)22-8-13-29(31(19-22)47-2)42-16-4-5-26-20-27-28(6-3-7-30(27)45(26)21-33(35,36)37)43-24-9-11-25(12-10-24)44-17-14-23(15-18-44)34(38,39)40/h3,6-8,13,19-20,23-25,42-43H,9-12,14-18,21H2,1-2H3,(H,41,46)/t24-,25+. The number of aromatic nitrogens is 1. The maximum atomic E-state index is 13.7. The van der Waals surface area contributed by atoms with E-state index >= 15 is 0 Å². The van der Waals surface area contributed by atoms with Crippen LogP contribution in [0.3, 0.4) is 0 Å². The summed E-state index contributed by atoms with van der Waals surface area (Å²) in [5.41, 5.74) is 2.36. The van der Waals surface area contributed by atoms with E-state index < -0.39 is 24.8 Å². The molecule has 1 aliphatic heterocycles. The molecule has 0 radical (unpaired) electrons. The molecule has 0 atom stereocenters. The van der Waals surface area contributed by atoms with Crippen LogP contribution in [0.1, 0.15) is 54.6 Å². The van der Waals surface area contributed by atoms with Crippen molar-refractivity contribution in [2.24, 2.45) is 5.92 Å². The Morgan fingerprint density at radius 1 is 0.957 bits per heavy atom. The molecule has 2 aromatic carbocycles. The van der Waals surface area contributed by atoms with E-state index in [4.69, 9.17) is 4.74 Å². The number of halogens is 6. The Kier molecular flexibility index (Phi) is 10.5. The zero-order valence-electron chi connectivity index (χ0n) is 26.3. The van der Waals surface area contributed by atoms with Gasteiger partial charge in [-0.05, 0) is 93.9 Å². The average Bonchev–Trinajstić information content (AvgIpc) is 3.39. The van der Waals surface area contributed by atoms with Crippen molar-refractivity contribution in [3.63, 3.8) is 0 Å². The fraction of sp³-hybridized carbons (Fsp3) is 0.500. The summed E-state index contributed by atoms with van der Waals surface area (Å²) in [6.07, 6.45) is -4.99. The molecule has 47 heavy (non-hydrogen) atoms. The van der Waals surface area contributed by atoms with E-state index in [0.29, 0.717) is 41.0 Å². The topological polar surface area (TPSA) is 70.6 Å². The van der Waals surface area contributed by atoms with E-state index in [2.05, 4.69) is 32.7 Å². The van der Waals surface area contributed by atoms with Gasteiger partial charge in [0.2, 0.25) is 0 Å². The van der Waals surface area contributed by atoms with Gasteiger partial charge in [-0.1, -0.05) is 12.0 Å². The summed E-state index contributed by atoms with van der Waals surface area (Å²) in [7, 11) is 2.99. The number of carbonyl (C=O) groups excluding carboxylic acids is 1. The lowest BCUT2D eigenvalue weighted by atomic mass is 9.87. The van der Waals surface area contributed by atoms with E-state index in [1.54, 1.807) is 36.4 Å². The molecular weight excluding hydrogens is 624 g/mol. The van der Waals surface area contributed by atoms with Crippen LogP contribution in [0, 0.1) is 17.8 Å². The highest BCUT2D eigenvalue weighted by Gasteiger charge is 2.42. The number of alkyl halides is 6. The number of nitrogens with one attached hydrogen (secondary N) is 3. The van der Waals surface area contributed by atoms with E-state index in [-0.39, 0.29) is 43.1 Å². The number of likely N-dealkylation sites (tertiary alicyclic amines) is 1. The molecule has 0 unspecified atom stereocenters. The quantitative estimate of drug-likeness (QED) is 0.178. The van der Waals surface area contributed by atoms with Gasteiger partial charge in [0.15, 0.2) is 0 Å². The van der Waals surface area contributed by atoms with Gasteiger partial charge in [-0.15, -0.1) is 0 Å². The van der Waals surface area contributed by atoms with Crippen LogP contribution in [0.15, 0.2) is 42.5 Å². The van der Waals surface area contributed by atoms with Crippen molar-refractivity contribution in [1.29, 1.82) is 0 Å². The van der Waals surface area contributed by atoms with Crippen LogP contribution in [-0.4, -0.2) is 73.6 Å². The summed E-state index contributed by atoms with van der Waals surface area (Å²) in [6, 6.07) is 12.1. The van der Waals surface area contributed by atoms with Gasteiger partial charge < -0.3 is 30.2 Å². The number of rotatable bonds is 8. The number of piperidine rings is 1. The number of ether oxygens (including phenoxy) is 1. The predicted molar refractivity (Wildman–Crippen MR) is 170 cm³/mol. The minimum absolute atomic E-state index is 0.0963. The molecule has 1 aliphatic carbocycles. The monoisotopic (exact) mass is 663 g/mol. The van der Waals surface area contributed by atoms with Gasteiger partial charge in [-0.25, -0.2) is 0 Å². The zero-order chi connectivity index (χ0) is 33.8. The van der Waals surface area contributed by atoms with Crippen molar-refractivity contribution in [1.82, 2.24) is 14.8 Å². The maximum Gasteiger partial charge on any atom is 0.406 e. The molecule has 0 bridgehead atoms. The highest BCUT2D eigenvalue weighted by Crippen LogP contribution is 2.37. The van der Waals surface area contributed by atoms with Crippen molar-refractivity contribution in [3.8, 4) is 17.6 Å². The van der Waals surface area contributed by atoms with Crippen LogP contribution in [0.2, 0.25) is 0 Å². The Morgan fingerprint density at radius 2 is 1.68 bits per heavy atom. The Bertz CT molecular complexity index is 1610. The summed E-state index contributed by atoms with van der Waals surface area (Å²) in [6.45, 7) is -0.167. The van der Waals surface area contributed by atoms with Crippen molar-refractivity contribution in [2.45, 2.75) is 69.5 Å². The number of methoxy groups -OCH3 is 1. The van der Waals surface area contributed by atoms with E-state index in [1.807, 2.05) is 6.07 Å². The van der Waals surface area contributed by atoms with Crippen LogP contribution < -0.4 is 20.7 Å². The molecule has 2 aliphatic rings. The first-order valence-corrected chi connectivity index (χ1v) is 15.8. The summed E-state index contributed by atoms with van der Waals surface area (Å²) in [5, 5.41) is 9.81. The van der Waals surface area contributed by atoms with Crippen LogP contribution >= 0.6 is 0 Å². The van der Waals surface area contributed by atoms with Crippen LogP contribution in [0.25, 0.3) is 10.9 Å². The molecule has 2 fully saturated rings. The fourth-order valence-corrected chi connectivity index (χ4v) is 6.66. The molecule has 1 saturated heterocycles. The zero-order valence-corrected chi connectivity index (χ0v) is 26.3. The minimum atomic E-state index is -4.46. The van der Waals surface area contributed by atoms with E-state index in [0.717, 1.165) is 31.4 Å².